The lowest BCUT2D eigenvalue weighted by atomic mass is 10.1. The van der Waals surface area contributed by atoms with Gasteiger partial charge in [0.25, 0.3) is 0 Å². The van der Waals surface area contributed by atoms with Crippen LogP contribution in [0.2, 0.25) is 0 Å². The molecule has 1 aliphatic rings. The van der Waals surface area contributed by atoms with Crippen LogP contribution in [0.4, 0.5) is 0 Å². The van der Waals surface area contributed by atoms with Crippen LogP contribution in [-0.4, -0.2) is 26.8 Å². The molecule has 0 bridgehead atoms. The quantitative estimate of drug-likeness (QED) is 0.741. The summed E-state index contributed by atoms with van der Waals surface area (Å²) in [6.07, 6.45) is 1.90. The molecule has 0 aliphatic carbocycles. The van der Waals surface area contributed by atoms with Gasteiger partial charge in [0.1, 0.15) is 0 Å². The molecule has 66 valence electrons. The van der Waals surface area contributed by atoms with Gasteiger partial charge in [0.15, 0.2) is 0 Å². The first kappa shape index (κ1) is 9.75. The molecule has 1 unspecified atom stereocenters. The largest absolute Gasteiger partial charge is 0.391 e. The van der Waals surface area contributed by atoms with Gasteiger partial charge in [0, 0.05) is 11.5 Å². The van der Waals surface area contributed by atoms with E-state index in [0.717, 1.165) is 12.8 Å². The van der Waals surface area contributed by atoms with Crippen molar-refractivity contribution < 1.29 is 5.11 Å². The third-order valence-electron chi connectivity index (χ3n) is 2.03. The average molecular weight is 192 g/mol. The minimum Gasteiger partial charge on any atom is -0.391 e. The van der Waals surface area contributed by atoms with Gasteiger partial charge in [-0.05, 0) is 13.3 Å². The van der Waals surface area contributed by atoms with Gasteiger partial charge in [-0.2, -0.15) is 0 Å². The van der Waals surface area contributed by atoms with E-state index in [9.17, 15) is 5.11 Å². The maximum absolute atomic E-state index is 9.77. The molecule has 1 heterocycles. The van der Waals surface area contributed by atoms with Gasteiger partial charge in [0.2, 0.25) is 0 Å². The van der Waals surface area contributed by atoms with E-state index in [2.05, 4.69) is 13.8 Å². The third-order valence-corrected chi connectivity index (χ3v) is 5.50. The van der Waals surface area contributed by atoms with Crippen LogP contribution < -0.4 is 0 Å². The van der Waals surface area contributed by atoms with Crippen molar-refractivity contribution in [2.24, 2.45) is 0 Å². The second-order valence-electron chi connectivity index (χ2n) is 3.02. The van der Waals surface area contributed by atoms with Gasteiger partial charge < -0.3 is 5.11 Å². The first-order valence-electron chi connectivity index (χ1n) is 4.15. The highest BCUT2D eigenvalue weighted by Crippen LogP contribution is 2.46. The maximum Gasteiger partial charge on any atom is 0.0841 e. The van der Waals surface area contributed by atoms with Crippen LogP contribution in [0.5, 0.6) is 0 Å². The van der Waals surface area contributed by atoms with E-state index >= 15 is 0 Å². The van der Waals surface area contributed by atoms with Gasteiger partial charge in [0.05, 0.1) is 10.2 Å². The summed E-state index contributed by atoms with van der Waals surface area (Å²) in [6.45, 7) is 4.28. The standard InChI is InChI=1S/C8H16OS2/c1-3-4-7(9)8(2)10-5-6-11-8/h7,9H,3-6H2,1-2H3. The Morgan fingerprint density at radius 1 is 1.45 bits per heavy atom. The highest BCUT2D eigenvalue weighted by molar-refractivity contribution is 8.21. The molecule has 0 saturated carbocycles. The molecule has 1 aliphatic heterocycles. The molecule has 1 atom stereocenters. The molecule has 0 aromatic carbocycles. The lowest BCUT2D eigenvalue weighted by molar-refractivity contribution is 0.156. The predicted molar refractivity (Wildman–Crippen MR) is 54.2 cm³/mol. The Bertz CT molecular complexity index is 121. The van der Waals surface area contributed by atoms with Crippen LogP contribution in [0.15, 0.2) is 0 Å². The average Bonchev–Trinajstić information content (AvgIpc) is 2.38. The SMILES string of the molecule is CCCC(O)C1(C)SCCS1. The Hall–Kier alpha value is 0.660. The van der Waals surface area contributed by atoms with Gasteiger partial charge in [-0.1, -0.05) is 13.3 Å². The van der Waals surface area contributed by atoms with Gasteiger partial charge in [-0.15, -0.1) is 23.5 Å². The first-order chi connectivity index (χ1) is 5.19. The van der Waals surface area contributed by atoms with Crippen molar-refractivity contribution in [1.29, 1.82) is 0 Å². The molecule has 0 radical (unpaired) electrons. The van der Waals surface area contributed by atoms with E-state index < -0.39 is 0 Å². The Balaban J connectivity index is 2.42. The Labute approximate surface area is 77.3 Å². The monoisotopic (exact) mass is 192 g/mol. The Morgan fingerprint density at radius 3 is 2.45 bits per heavy atom. The summed E-state index contributed by atoms with van der Waals surface area (Å²) < 4.78 is 0.0933. The zero-order valence-corrected chi connectivity index (χ0v) is 8.80. The van der Waals surface area contributed by atoms with Gasteiger partial charge in [-0.25, -0.2) is 0 Å². The molecule has 1 nitrogen and oxygen atoms in total. The van der Waals surface area contributed by atoms with Crippen LogP contribution >= 0.6 is 23.5 Å². The van der Waals surface area contributed by atoms with E-state index in [0.29, 0.717) is 0 Å². The van der Waals surface area contributed by atoms with E-state index in [4.69, 9.17) is 0 Å². The summed E-state index contributed by atoms with van der Waals surface area (Å²) in [7, 11) is 0. The number of hydrogen-bond donors (Lipinski definition) is 1. The maximum atomic E-state index is 9.77. The third kappa shape index (κ3) is 2.30. The minimum absolute atomic E-state index is 0.0933. The molecular formula is C8H16OS2. The highest BCUT2D eigenvalue weighted by atomic mass is 32.2. The van der Waals surface area contributed by atoms with Crippen molar-refractivity contribution in [3.05, 3.63) is 0 Å². The van der Waals surface area contributed by atoms with E-state index in [-0.39, 0.29) is 10.2 Å². The topological polar surface area (TPSA) is 20.2 Å². The molecule has 1 fully saturated rings. The van der Waals surface area contributed by atoms with Crippen molar-refractivity contribution >= 4 is 23.5 Å². The van der Waals surface area contributed by atoms with Gasteiger partial charge >= 0.3 is 0 Å². The molecular weight excluding hydrogens is 176 g/mol. The highest BCUT2D eigenvalue weighted by Gasteiger charge is 2.36. The molecule has 11 heavy (non-hydrogen) atoms. The summed E-state index contributed by atoms with van der Waals surface area (Å²) in [5.74, 6) is 2.39. The van der Waals surface area contributed by atoms with E-state index in [1.807, 2.05) is 23.5 Å². The number of thioether (sulfide) groups is 2. The fourth-order valence-electron chi connectivity index (χ4n) is 1.26. The number of hydrogen-bond acceptors (Lipinski definition) is 3. The molecule has 0 aromatic rings. The minimum atomic E-state index is -0.120. The molecule has 3 heteroatoms. The number of rotatable bonds is 3. The smallest absolute Gasteiger partial charge is 0.0841 e. The summed E-state index contributed by atoms with van der Waals surface area (Å²) >= 11 is 3.81. The second kappa shape index (κ2) is 4.06. The van der Waals surface area contributed by atoms with Crippen molar-refractivity contribution in [1.82, 2.24) is 0 Å². The second-order valence-corrected chi connectivity index (χ2v) is 6.37. The first-order valence-corrected chi connectivity index (χ1v) is 6.12. The summed E-state index contributed by atoms with van der Waals surface area (Å²) in [5.41, 5.74) is 0. The van der Waals surface area contributed by atoms with Crippen molar-refractivity contribution in [2.75, 3.05) is 11.5 Å². The Kier molecular flexibility index (Phi) is 3.59. The van der Waals surface area contributed by atoms with Crippen LogP contribution in [0.25, 0.3) is 0 Å². The summed E-state index contributed by atoms with van der Waals surface area (Å²) in [5, 5.41) is 9.77. The molecule has 1 saturated heterocycles. The lowest BCUT2D eigenvalue weighted by Crippen LogP contribution is -2.30. The van der Waals surface area contributed by atoms with Crippen molar-refractivity contribution in [2.45, 2.75) is 36.9 Å². The van der Waals surface area contributed by atoms with Crippen molar-refractivity contribution in [3.8, 4) is 0 Å². The molecule has 0 aromatic heterocycles. The normalized spacial score (nSPS) is 25.4. The zero-order valence-electron chi connectivity index (χ0n) is 7.17. The van der Waals surface area contributed by atoms with Crippen molar-refractivity contribution in [3.63, 3.8) is 0 Å². The fraction of sp³-hybridized carbons (Fsp3) is 1.00. The number of aliphatic hydroxyl groups excluding tert-OH is 1. The molecule has 0 spiro atoms. The summed E-state index contributed by atoms with van der Waals surface area (Å²) in [6, 6.07) is 0. The Morgan fingerprint density at radius 2 is 2.00 bits per heavy atom. The lowest BCUT2D eigenvalue weighted by Gasteiger charge is -2.27. The molecule has 0 amide bonds. The molecule has 1 N–H and O–H groups in total. The van der Waals surface area contributed by atoms with Crippen LogP contribution in [-0.2, 0) is 0 Å². The molecule has 1 rings (SSSR count). The zero-order chi connectivity index (χ0) is 8.32. The van der Waals surface area contributed by atoms with Gasteiger partial charge in [-0.3, -0.25) is 0 Å². The van der Waals surface area contributed by atoms with E-state index in [1.165, 1.54) is 11.5 Å². The predicted octanol–water partition coefficient (Wildman–Crippen LogP) is 2.34. The fourth-order valence-corrected chi connectivity index (χ4v) is 4.19. The van der Waals surface area contributed by atoms with Crippen LogP contribution in [0.1, 0.15) is 26.7 Å². The van der Waals surface area contributed by atoms with E-state index in [1.54, 1.807) is 0 Å². The van der Waals surface area contributed by atoms with Crippen LogP contribution in [0, 0.1) is 0 Å². The number of aliphatic hydroxyl groups is 1. The summed E-state index contributed by atoms with van der Waals surface area (Å²) in [4.78, 5) is 0. The van der Waals surface area contributed by atoms with Crippen LogP contribution in [0.3, 0.4) is 0 Å².